The van der Waals surface area contributed by atoms with E-state index in [1.807, 2.05) is 18.2 Å². The zero-order valence-electron chi connectivity index (χ0n) is 10.8. The van der Waals surface area contributed by atoms with Crippen molar-refractivity contribution in [1.82, 2.24) is 4.90 Å². The van der Waals surface area contributed by atoms with Gasteiger partial charge in [0.25, 0.3) is 0 Å². The molecule has 0 spiro atoms. The Bertz CT molecular complexity index is 445. The fourth-order valence-electron chi connectivity index (χ4n) is 3.90. The summed E-state index contributed by atoms with van der Waals surface area (Å²) in [4.78, 5) is 14.2. The van der Waals surface area contributed by atoms with Crippen LogP contribution >= 0.6 is 0 Å². The monoisotopic (exact) mass is 244 g/mol. The number of primary amides is 1. The quantitative estimate of drug-likeness (QED) is 0.861. The normalized spacial score (nSPS) is 35.6. The third-order valence-corrected chi connectivity index (χ3v) is 4.83. The zero-order valence-corrected chi connectivity index (χ0v) is 10.8. The Morgan fingerprint density at radius 1 is 1.28 bits per heavy atom. The van der Waals surface area contributed by atoms with E-state index in [4.69, 9.17) is 5.73 Å². The molecule has 3 unspecified atom stereocenters. The first kappa shape index (κ1) is 11.7. The summed E-state index contributed by atoms with van der Waals surface area (Å²) >= 11 is 0. The number of piperidine rings is 1. The van der Waals surface area contributed by atoms with Gasteiger partial charge in [-0.15, -0.1) is 0 Å². The van der Waals surface area contributed by atoms with Crippen molar-refractivity contribution in [1.29, 1.82) is 0 Å². The number of nitrogens with two attached hydrogens (primary N) is 1. The zero-order chi connectivity index (χ0) is 12.7. The lowest BCUT2D eigenvalue weighted by atomic mass is 9.76. The van der Waals surface area contributed by atoms with Crippen molar-refractivity contribution in [2.45, 2.75) is 37.3 Å². The van der Waals surface area contributed by atoms with Gasteiger partial charge in [-0.1, -0.05) is 30.3 Å². The predicted molar refractivity (Wildman–Crippen MR) is 71.1 cm³/mol. The van der Waals surface area contributed by atoms with Crippen LogP contribution < -0.4 is 5.73 Å². The summed E-state index contributed by atoms with van der Waals surface area (Å²) in [6.45, 7) is 0. The van der Waals surface area contributed by atoms with Crippen LogP contribution in [0, 0.1) is 5.92 Å². The Labute approximate surface area is 108 Å². The lowest BCUT2D eigenvalue weighted by molar-refractivity contribution is -0.126. The van der Waals surface area contributed by atoms with E-state index >= 15 is 0 Å². The molecule has 4 atom stereocenters. The van der Waals surface area contributed by atoms with Crippen LogP contribution in [0.15, 0.2) is 30.3 Å². The third-order valence-electron chi connectivity index (χ3n) is 4.83. The highest BCUT2D eigenvalue weighted by Gasteiger charge is 2.48. The maximum absolute atomic E-state index is 11.9. The summed E-state index contributed by atoms with van der Waals surface area (Å²) in [5.41, 5.74) is 6.95. The van der Waals surface area contributed by atoms with Gasteiger partial charge in [-0.2, -0.15) is 0 Å². The Morgan fingerprint density at radius 3 is 2.67 bits per heavy atom. The average molecular weight is 244 g/mol. The first-order valence-electron chi connectivity index (χ1n) is 6.74. The van der Waals surface area contributed by atoms with Crippen LogP contribution in [0.25, 0.3) is 0 Å². The maximum atomic E-state index is 11.9. The Kier molecular flexibility index (Phi) is 2.86. The fraction of sp³-hybridized carbons (Fsp3) is 0.533. The third kappa shape index (κ3) is 1.74. The number of carbonyl (C=O) groups excluding carboxylic acids is 1. The number of carbonyl (C=O) groups is 1. The predicted octanol–water partition coefficient (Wildman–Crippen LogP) is 1.74. The largest absolute Gasteiger partial charge is 0.369 e. The van der Waals surface area contributed by atoms with Gasteiger partial charge < -0.3 is 5.73 Å². The van der Waals surface area contributed by atoms with E-state index in [9.17, 15) is 4.79 Å². The van der Waals surface area contributed by atoms with Crippen molar-refractivity contribution in [3.05, 3.63) is 35.9 Å². The van der Waals surface area contributed by atoms with Gasteiger partial charge in [-0.25, -0.2) is 0 Å². The molecule has 2 saturated heterocycles. The van der Waals surface area contributed by atoms with Crippen molar-refractivity contribution >= 4 is 5.91 Å². The molecule has 3 nitrogen and oxygen atoms in total. The Balaban J connectivity index is 1.96. The van der Waals surface area contributed by atoms with E-state index in [1.165, 1.54) is 12.0 Å². The molecule has 3 rings (SSSR count). The lowest BCUT2D eigenvalue weighted by Crippen LogP contribution is -2.50. The van der Waals surface area contributed by atoms with Crippen LogP contribution in [-0.4, -0.2) is 29.9 Å². The average Bonchev–Trinajstić information content (AvgIpc) is 2.63. The lowest BCUT2D eigenvalue weighted by Gasteiger charge is -2.41. The number of rotatable bonds is 2. The standard InChI is InChI=1S/C15H20N2O/c1-17-11-7-8-13(17)14(15(16)18)12(9-11)10-5-3-2-4-6-10/h2-6,11-14H,7-9H2,1H3,(H2,16,18)/t11?,12-,13?,14?/m1/s1. The fourth-order valence-corrected chi connectivity index (χ4v) is 3.90. The topological polar surface area (TPSA) is 46.3 Å². The van der Waals surface area contributed by atoms with E-state index < -0.39 is 0 Å². The summed E-state index contributed by atoms with van der Waals surface area (Å²) in [5, 5.41) is 0. The second-order valence-corrected chi connectivity index (χ2v) is 5.65. The van der Waals surface area contributed by atoms with Gasteiger partial charge in [-0.05, 0) is 37.8 Å². The highest BCUT2D eigenvalue weighted by molar-refractivity contribution is 5.79. The number of hydrogen-bond acceptors (Lipinski definition) is 2. The van der Waals surface area contributed by atoms with Gasteiger partial charge in [-0.3, -0.25) is 9.69 Å². The van der Waals surface area contributed by atoms with Gasteiger partial charge in [0, 0.05) is 12.1 Å². The van der Waals surface area contributed by atoms with E-state index in [1.54, 1.807) is 0 Å². The van der Waals surface area contributed by atoms with Gasteiger partial charge >= 0.3 is 0 Å². The first-order valence-corrected chi connectivity index (χ1v) is 6.74. The molecule has 0 radical (unpaired) electrons. The van der Waals surface area contributed by atoms with E-state index in [2.05, 4.69) is 24.1 Å². The maximum Gasteiger partial charge on any atom is 0.222 e. The molecule has 2 aliphatic rings. The SMILES string of the molecule is CN1C2CCC1C(C(N)=O)[C@@H](c1ccccc1)C2. The number of benzene rings is 1. The summed E-state index contributed by atoms with van der Waals surface area (Å²) < 4.78 is 0. The van der Waals surface area contributed by atoms with E-state index in [0.717, 1.165) is 12.8 Å². The molecule has 1 aromatic rings. The molecule has 1 amide bonds. The van der Waals surface area contributed by atoms with Gasteiger partial charge in [0.1, 0.15) is 0 Å². The van der Waals surface area contributed by atoms with Crippen molar-refractivity contribution in [3.8, 4) is 0 Å². The molecule has 2 heterocycles. The number of nitrogens with zero attached hydrogens (tertiary/aromatic N) is 1. The first-order chi connectivity index (χ1) is 8.68. The van der Waals surface area contributed by atoms with Crippen LogP contribution in [0.5, 0.6) is 0 Å². The molecule has 2 N–H and O–H groups in total. The van der Waals surface area contributed by atoms with Crippen LogP contribution in [0.1, 0.15) is 30.7 Å². The molecule has 96 valence electrons. The van der Waals surface area contributed by atoms with Crippen molar-refractivity contribution in [2.24, 2.45) is 11.7 Å². The smallest absolute Gasteiger partial charge is 0.222 e. The summed E-state index contributed by atoms with van der Waals surface area (Å²) in [6.07, 6.45) is 3.37. The van der Waals surface area contributed by atoms with Crippen LogP contribution in [0.4, 0.5) is 0 Å². The highest BCUT2D eigenvalue weighted by Crippen LogP contribution is 2.45. The molecule has 2 aliphatic heterocycles. The van der Waals surface area contributed by atoms with Crippen LogP contribution in [0.2, 0.25) is 0 Å². The molecule has 18 heavy (non-hydrogen) atoms. The van der Waals surface area contributed by atoms with Crippen molar-refractivity contribution in [2.75, 3.05) is 7.05 Å². The molecule has 2 bridgehead atoms. The molecule has 0 aliphatic carbocycles. The van der Waals surface area contributed by atoms with Crippen LogP contribution in [0.3, 0.4) is 0 Å². The summed E-state index contributed by atoms with van der Waals surface area (Å²) in [7, 11) is 2.14. The Morgan fingerprint density at radius 2 is 2.00 bits per heavy atom. The molecular formula is C15H20N2O. The number of fused-ring (bicyclic) bond motifs is 2. The van der Waals surface area contributed by atoms with E-state index in [0.29, 0.717) is 18.0 Å². The number of hydrogen-bond donors (Lipinski definition) is 1. The summed E-state index contributed by atoms with van der Waals surface area (Å²) in [5.74, 6) is 0.134. The summed E-state index contributed by atoms with van der Waals surface area (Å²) in [6, 6.07) is 11.3. The molecule has 1 aromatic carbocycles. The number of amides is 1. The van der Waals surface area contributed by atoms with Gasteiger partial charge in [0.15, 0.2) is 0 Å². The minimum absolute atomic E-state index is 0.0313. The van der Waals surface area contributed by atoms with Gasteiger partial charge in [0.2, 0.25) is 5.91 Å². The molecule has 3 heteroatoms. The molecule has 0 saturated carbocycles. The molecule has 2 fully saturated rings. The van der Waals surface area contributed by atoms with Crippen LogP contribution in [-0.2, 0) is 4.79 Å². The van der Waals surface area contributed by atoms with E-state index in [-0.39, 0.29) is 11.8 Å². The highest BCUT2D eigenvalue weighted by atomic mass is 16.1. The Hall–Kier alpha value is -1.35. The minimum Gasteiger partial charge on any atom is -0.369 e. The second kappa shape index (κ2) is 4.39. The molecule has 0 aromatic heterocycles. The van der Waals surface area contributed by atoms with Gasteiger partial charge in [0.05, 0.1) is 5.92 Å². The van der Waals surface area contributed by atoms with Crippen molar-refractivity contribution in [3.63, 3.8) is 0 Å². The molecular weight excluding hydrogens is 224 g/mol. The minimum atomic E-state index is -0.138. The van der Waals surface area contributed by atoms with Crippen molar-refractivity contribution < 1.29 is 4.79 Å². The second-order valence-electron chi connectivity index (χ2n) is 5.65.